The molecule has 0 saturated carbocycles. The molecule has 0 N–H and O–H groups in total. The molecule has 2 aromatic carbocycles. The predicted molar refractivity (Wildman–Crippen MR) is 87.2 cm³/mol. The second-order valence-electron chi connectivity index (χ2n) is 5.40. The average molecular weight is 351 g/mol. The van der Waals surface area contributed by atoms with Crippen LogP contribution in [0.15, 0.2) is 53.4 Å². The maximum absolute atomic E-state index is 12.8. The van der Waals surface area contributed by atoms with Gasteiger partial charge >= 0.3 is 5.97 Å². The maximum Gasteiger partial charge on any atom is 0.310 e. The van der Waals surface area contributed by atoms with Crippen molar-refractivity contribution >= 4 is 16.0 Å². The van der Waals surface area contributed by atoms with Gasteiger partial charge in [0.15, 0.2) is 0 Å². The van der Waals surface area contributed by atoms with Gasteiger partial charge in [0.25, 0.3) is 0 Å². The van der Waals surface area contributed by atoms with Crippen molar-refractivity contribution in [1.82, 2.24) is 4.31 Å². The Morgan fingerprint density at radius 3 is 2.38 bits per heavy atom. The molecular formula is C17H18FNO4S. The van der Waals surface area contributed by atoms with Crippen molar-refractivity contribution in [1.29, 1.82) is 0 Å². The Bertz CT molecular complexity index is 817. The van der Waals surface area contributed by atoms with Gasteiger partial charge in [-0.1, -0.05) is 24.3 Å². The van der Waals surface area contributed by atoms with Crippen LogP contribution in [-0.4, -0.2) is 32.8 Å². The Labute approximate surface area is 140 Å². The number of hydrogen-bond donors (Lipinski definition) is 0. The molecule has 0 spiro atoms. The maximum atomic E-state index is 12.8. The first-order chi connectivity index (χ1) is 11.3. The van der Waals surface area contributed by atoms with Gasteiger partial charge in [0, 0.05) is 14.1 Å². The summed E-state index contributed by atoms with van der Waals surface area (Å²) >= 11 is 0. The lowest BCUT2D eigenvalue weighted by molar-refractivity contribution is -0.144. The van der Waals surface area contributed by atoms with Gasteiger partial charge in [-0.15, -0.1) is 0 Å². The fourth-order valence-corrected chi connectivity index (χ4v) is 2.96. The van der Waals surface area contributed by atoms with Crippen LogP contribution in [0.4, 0.5) is 4.39 Å². The predicted octanol–water partition coefficient (Wildman–Crippen LogP) is 2.36. The zero-order chi connectivity index (χ0) is 17.7. The number of rotatable bonds is 6. The van der Waals surface area contributed by atoms with Crippen LogP contribution in [0, 0.1) is 5.82 Å². The molecular weight excluding hydrogens is 333 g/mol. The number of carbonyl (C=O) groups excluding carboxylic acids is 1. The zero-order valence-electron chi connectivity index (χ0n) is 13.4. The SMILES string of the molecule is CN(C)S(=O)(=O)c1cccc(COC(=O)Cc2ccc(F)cc2)c1. The van der Waals surface area contributed by atoms with Gasteiger partial charge in [-0.3, -0.25) is 4.79 Å². The quantitative estimate of drug-likeness (QED) is 0.750. The van der Waals surface area contributed by atoms with Crippen LogP contribution >= 0.6 is 0 Å². The molecule has 2 rings (SSSR count). The molecule has 0 heterocycles. The standard InChI is InChI=1S/C17H18FNO4S/c1-19(2)24(21,22)16-5-3-4-14(10-16)12-23-17(20)11-13-6-8-15(18)9-7-13/h3-10H,11-12H2,1-2H3. The first kappa shape index (κ1) is 18.1. The van der Waals surface area contributed by atoms with E-state index < -0.39 is 16.0 Å². The summed E-state index contributed by atoms with van der Waals surface area (Å²) in [5, 5.41) is 0. The molecule has 0 atom stereocenters. The molecule has 7 heteroatoms. The second kappa shape index (κ2) is 7.55. The highest BCUT2D eigenvalue weighted by atomic mass is 32.2. The smallest absolute Gasteiger partial charge is 0.310 e. The number of carbonyl (C=O) groups is 1. The van der Waals surface area contributed by atoms with E-state index in [1.165, 1.54) is 50.5 Å². The number of hydrogen-bond acceptors (Lipinski definition) is 4. The van der Waals surface area contributed by atoms with E-state index in [1.54, 1.807) is 12.1 Å². The van der Waals surface area contributed by atoms with E-state index in [4.69, 9.17) is 4.74 Å². The van der Waals surface area contributed by atoms with Gasteiger partial charge in [-0.25, -0.2) is 17.1 Å². The summed E-state index contributed by atoms with van der Waals surface area (Å²) in [7, 11) is -0.635. The summed E-state index contributed by atoms with van der Waals surface area (Å²) in [5.74, 6) is -0.839. The molecule has 0 radical (unpaired) electrons. The normalized spacial score (nSPS) is 11.5. The van der Waals surface area contributed by atoms with E-state index in [-0.39, 0.29) is 23.7 Å². The second-order valence-corrected chi connectivity index (χ2v) is 7.55. The number of benzene rings is 2. The minimum absolute atomic E-state index is 0.0238. The molecule has 0 bridgehead atoms. The Kier molecular flexibility index (Phi) is 5.69. The van der Waals surface area contributed by atoms with Crippen molar-refractivity contribution in [3.63, 3.8) is 0 Å². The Hall–Kier alpha value is -2.25. The van der Waals surface area contributed by atoms with Crippen LogP contribution < -0.4 is 0 Å². The van der Waals surface area contributed by atoms with Gasteiger partial charge < -0.3 is 4.74 Å². The van der Waals surface area contributed by atoms with Crippen LogP contribution in [0.2, 0.25) is 0 Å². The van der Waals surface area contributed by atoms with Crippen LogP contribution in [0.5, 0.6) is 0 Å². The molecule has 24 heavy (non-hydrogen) atoms. The number of halogens is 1. The van der Waals surface area contributed by atoms with Crippen LogP contribution in [0.3, 0.4) is 0 Å². The molecule has 2 aromatic rings. The minimum atomic E-state index is -3.53. The highest BCUT2D eigenvalue weighted by Gasteiger charge is 2.17. The van der Waals surface area contributed by atoms with E-state index in [0.717, 1.165) is 4.31 Å². The molecule has 128 valence electrons. The van der Waals surface area contributed by atoms with E-state index in [1.807, 2.05) is 0 Å². The minimum Gasteiger partial charge on any atom is -0.461 e. The summed E-state index contributed by atoms with van der Waals surface area (Å²) in [5.41, 5.74) is 1.22. The van der Waals surface area contributed by atoms with E-state index in [0.29, 0.717) is 11.1 Å². The monoisotopic (exact) mass is 351 g/mol. The molecule has 0 saturated heterocycles. The lowest BCUT2D eigenvalue weighted by Gasteiger charge is -2.12. The number of sulfonamides is 1. The van der Waals surface area contributed by atoms with E-state index in [9.17, 15) is 17.6 Å². The first-order valence-electron chi connectivity index (χ1n) is 7.20. The van der Waals surface area contributed by atoms with Gasteiger partial charge in [0.2, 0.25) is 10.0 Å². The third kappa shape index (κ3) is 4.62. The Morgan fingerprint density at radius 2 is 1.75 bits per heavy atom. The number of ether oxygens (including phenoxy) is 1. The van der Waals surface area contributed by atoms with Crippen LogP contribution in [0.1, 0.15) is 11.1 Å². The van der Waals surface area contributed by atoms with Gasteiger partial charge in [-0.2, -0.15) is 0 Å². The van der Waals surface area contributed by atoms with Crippen LogP contribution in [-0.2, 0) is 32.6 Å². The lowest BCUT2D eigenvalue weighted by atomic mass is 10.1. The third-order valence-corrected chi connectivity index (χ3v) is 5.15. The fourth-order valence-electron chi connectivity index (χ4n) is 1.99. The largest absolute Gasteiger partial charge is 0.461 e. The summed E-state index contributed by atoms with van der Waals surface area (Å²) in [4.78, 5) is 12.0. The highest BCUT2D eigenvalue weighted by molar-refractivity contribution is 7.89. The van der Waals surface area contributed by atoms with Gasteiger partial charge in [-0.05, 0) is 35.4 Å². The van der Waals surface area contributed by atoms with Crippen molar-refractivity contribution in [2.45, 2.75) is 17.9 Å². The average Bonchev–Trinajstić information content (AvgIpc) is 2.55. The van der Waals surface area contributed by atoms with Gasteiger partial charge in [0.05, 0.1) is 11.3 Å². The number of esters is 1. The third-order valence-electron chi connectivity index (χ3n) is 3.34. The van der Waals surface area contributed by atoms with Crippen molar-refractivity contribution in [2.75, 3.05) is 14.1 Å². The summed E-state index contributed by atoms with van der Waals surface area (Å²) in [6.45, 7) is -0.0309. The van der Waals surface area contributed by atoms with E-state index in [2.05, 4.69) is 0 Å². The lowest BCUT2D eigenvalue weighted by Crippen LogP contribution is -2.22. The van der Waals surface area contributed by atoms with Crippen molar-refractivity contribution < 1.29 is 22.3 Å². The molecule has 0 aliphatic carbocycles. The zero-order valence-corrected chi connectivity index (χ0v) is 14.2. The molecule has 0 aliphatic rings. The topological polar surface area (TPSA) is 63.7 Å². The molecule has 0 aliphatic heterocycles. The number of nitrogens with zero attached hydrogens (tertiary/aromatic N) is 1. The molecule has 0 aromatic heterocycles. The summed E-state index contributed by atoms with van der Waals surface area (Å²) < 4.78 is 43.2. The Morgan fingerprint density at radius 1 is 1.08 bits per heavy atom. The molecule has 0 amide bonds. The van der Waals surface area contributed by atoms with Gasteiger partial charge in [0.1, 0.15) is 12.4 Å². The van der Waals surface area contributed by atoms with Crippen molar-refractivity contribution in [2.24, 2.45) is 0 Å². The van der Waals surface area contributed by atoms with E-state index >= 15 is 0 Å². The highest BCUT2D eigenvalue weighted by Crippen LogP contribution is 2.15. The van der Waals surface area contributed by atoms with Crippen LogP contribution in [0.25, 0.3) is 0 Å². The molecule has 0 fully saturated rings. The molecule has 5 nitrogen and oxygen atoms in total. The summed E-state index contributed by atoms with van der Waals surface area (Å²) in [6, 6.07) is 11.8. The summed E-state index contributed by atoms with van der Waals surface area (Å²) in [6.07, 6.45) is 0.0238. The first-order valence-corrected chi connectivity index (χ1v) is 8.64. The Balaban J connectivity index is 1.99. The van der Waals surface area contributed by atoms with Crippen molar-refractivity contribution in [3.8, 4) is 0 Å². The van der Waals surface area contributed by atoms with Crippen molar-refractivity contribution in [3.05, 3.63) is 65.5 Å². The fraction of sp³-hybridized carbons (Fsp3) is 0.235. The molecule has 0 unspecified atom stereocenters.